The summed E-state index contributed by atoms with van der Waals surface area (Å²) < 4.78 is 5.73. The van der Waals surface area contributed by atoms with E-state index in [4.69, 9.17) is 10.5 Å². The lowest BCUT2D eigenvalue weighted by molar-refractivity contribution is 0.305. The molecule has 0 saturated carbocycles. The van der Waals surface area contributed by atoms with E-state index in [0.29, 0.717) is 18.3 Å². The summed E-state index contributed by atoms with van der Waals surface area (Å²) in [5, 5.41) is 2.07. The average Bonchev–Trinajstić information content (AvgIpc) is 2.81. The van der Waals surface area contributed by atoms with Crippen LogP contribution in [0.1, 0.15) is 30.2 Å². The van der Waals surface area contributed by atoms with Gasteiger partial charge in [-0.1, -0.05) is 19.9 Å². The molecule has 0 unspecified atom stereocenters. The van der Waals surface area contributed by atoms with Crippen LogP contribution in [0.4, 0.5) is 5.82 Å². The third kappa shape index (κ3) is 2.98. The molecule has 2 N–H and O–H groups in total. The van der Waals surface area contributed by atoms with Gasteiger partial charge in [-0.05, 0) is 17.4 Å². The van der Waals surface area contributed by atoms with Gasteiger partial charge >= 0.3 is 0 Å². The minimum Gasteiger partial charge on any atom is -0.477 e. The van der Waals surface area contributed by atoms with Crippen LogP contribution in [-0.2, 0) is 6.42 Å². The average molecular weight is 263 g/mol. The van der Waals surface area contributed by atoms with Crippen LogP contribution in [0.25, 0.3) is 0 Å². The highest BCUT2D eigenvalue weighted by molar-refractivity contribution is 7.09. The maximum absolute atomic E-state index is 5.86. The number of hydrogen-bond acceptors (Lipinski definition) is 5. The van der Waals surface area contributed by atoms with E-state index in [0.717, 1.165) is 12.0 Å². The number of nitrogens with zero attached hydrogens (tertiary/aromatic N) is 2. The van der Waals surface area contributed by atoms with Gasteiger partial charge in [-0.15, -0.1) is 11.3 Å². The van der Waals surface area contributed by atoms with Crippen LogP contribution in [0.5, 0.6) is 5.88 Å². The molecule has 0 fully saturated rings. The molecule has 2 rings (SSSR count). The van der Waals surface area contributed by atoms with E-state index >= 15 is 0 Å². The standard InChI is InChI=1S/C13H17N3OS/c1-9(2)11-12(14)15-8-16-13(11)17-6-5-10-4-3-7-18-10/h3-4,7-9H,5-6H2,1-2H3,(H2,14,15,16). The predicted octanol–water partition coefficient (Wildman–Crippen LogP) is 2.87. The predicted molar refractivity (Wildman–Crippen MR) is 74.1 cm³/mol. The van der Waals surface area contributed by atoms with Gasteiger partial charge in [0, 0.05) is 11.3 Å². The highest BCUT2D eigenvalue weighted by Gasteiger charge is 2.14. The van der Waals surface area contributed by atoms with E-state index in [1.54, 1.807) is 11.3 Å². The zero-order valence-electron chi connectivity index (χ0n) is 10.6. The number of nitrogen functional groups attached to an aromatic ring is 1. The molecule has 0 aromatic carbocycles. The number of hydrogen-bond donors (Lipinski definition) is 1. The minimum atomic E-state index is 0.253. The van der Waals surface area contributed by atoms with Crippen molar-refractivity contribution in [3.63, 3.8) is 0 Å². The maximum atomic E-state index is 5.86. The van der Waals surface area contributed by atoms with Crippen molar-refractivity contribution in [3.8, 4) is 5.88 Å². The molecule has 0 spiro atoms. The Morgan fingerprint density at radius 3 is 2.89 bits per heavy atom. The Kier molecular flexibility index (Phi) is 4.15. The number of rotatable bonds is 5. The van der Waals surface area contributed by atoms with Crippen LogP contribution in [0.15, 0.2) is 23.8 Å². The Bertz CT molecular complexity index is 497. The van der Waals surface area contributed by atoms with Crippen LogP contribution in [0, 0.1) is 0 Å². The van der Waals surface area contributed by atoms with E-state index in [1.165, 1.54) is 11.2 Å². The SMILES string of the molecule is CC(C)c1c(N)ncnc1OCCc1cccs1. The first-order valence-electron chi connectivity index (χ1n) is 5.94. The van der Waals surface area contributed by atoms with Crippen molar-refractivity contribution in [2.45, 2.75) is 26.2 Å². The molecule has 18 heavy (non-hydrogen) atoms. The van der Waals surface area contributed by atoms with Gasteiger partial charge in [0.05, 0.1) is 12.2 Å². The molecule has 5 heteroatoms. The van der Waals surface area contributed by atoms with Crippen molar-refractivity contribution in [2.75, 3.05) is 12.3 Å². The van der Waals surface area contributed by atoms with Crippen LogP contribution < -0.4 is 10.5 Å². The zero-order chi connectivity index (χ0) is 13.0. The molecule has 96 valence electrons. The van der Waals surface area contributed by atoms with Gasteiger partial charge in [-0.2, -0.15) is 0 Å². The second-order valence-electron chi connectivity index (χ2n) is 4.31. The Morgan fingerprint density at radius 1 is 1.39 bits per heavy atom. The minimum absolute atomic E-state index is 0.253. The fraction of sp³-hybridized carbons (Fsp3) is 0.385. The number of ether oxygens (including phenoxy) is 1. The second-order valence-corrected chi connectivity index (χ2v) is 5.34. The lowest BCUT2D eigenvalue weighted by Gasteiger charge is -2.13. The molecule has 2 aromatic heterocycles. The highest BCUT2D eigenvalue weighted by atomic mass is 32.1. The Morgan fingerprint density at radius 2 is 2.22 bits per heavy atom. The third-order valence-corrected chi connectivity index (χ3v) is 3.56. The quantitative estimate of drug-likeness (QED) is 0.901. The lowest BCUT2D eigenvalue weighted by atomic mass is 10.1. The van der Waals surface area contributed by atoms with Gasteiger partial charge in [-0.25, -0.2) is 9.97 Å². The van der Waals surface area contributed by atoms with E-state index < -0.39 is 0 Å². The summed E-state index contributed by atoms with van der Waals surface area (Å²) in [7, 11) is 0. The van der Waals surface area contributed by atoms with Gasteiger partial charge in [0.15, 0.2) is 0 Å². The van der Waals surface area contributed by atoms with Gasteiger partial charge in [-0.3, -0.25) is 0 Å². The van der Waals surface area contributed by atoms with Crippen molar-refractivity contribution >= 4 is 17.2 Å². The third-order valence-electron chi connectivity index (χ3n) is 2.62. The fourth-order valence-corrected chi connectivity index (χ4v) is 2.44. The van der Waals surface area contributed by atoms with E-state index in [9.17, 15) is 0 Å². The number of nitrogens with two attached hydrogens (primary N) is 1. The Hall–Kier alpha value is -1.62. The van der Waals surface area contributed by atoms with Crippen molar-refractivity contribution < 1.29 is 4.74 Å². The molecule has 0 aliphatic carbocycles. The monoisotopic (exact) mass is 263 g/mol. The second kappa shape index (κ2) is 5.82. The van der Waals surface area contributed by atoms with Gasteiger partial charge in [0.1, 0.15) is 12.1 Å². The summed E-state index contributed by atoms with van der Waals surface area (Å²) in [4.78, 5) is 9.49. The molecule has 2 heterocycles. The van der Waals surface area contributed by atoms with Crippen LogP contribution in [0.3, 0.4) is 0 Å². The zero-order valence-corrected chi connectivity index (χ0v) is 11.4. The molecule has 0 amide bonds. The first-order chi connectivity index (χ1) is 8.68. The van der Waals surface area contributed by atoms with Gasteiger partial charge in [0.2, 0.25) is 5.88 Å². The lowest BCUT2D eigenvalue weighted by Crippen LogP contribution is -2.08. The van der Waals surface area contributed by atoms with E-state index in [1.807, 2.05) is 6.07 Å². The van der Waals surface area contributed by atoms with E-state index in [2.05, 4.69) is 35.3 Å². The molecule has 0 saturated heterocycles. The molecule has 0 atom stereocenters. The first-order valence-corrected chi connectivity index (χ1v) is 6.82. The normalized spacial score (nSPS) is 10.8. The number of thiophene rings is 1. The largest absolute Gasteiger partial charge is 0.477 e. The Balaban J connectivity index is 2.03. The van der Waals surface area contributed by atoms with Crippen molar-refractivity contribution in [3.05, 3.63) is 34.3 Å². The molecule has 2 aromatic rings. The maximum Gasteiger partial charge on any atom is 0.222 e. The molecule has 0 bridgehead atoms. The summed E-state index contributed by atoms with van der Waals surface area (Å²) in [5.74, 6) is 1.36. The first kappa shape index (κ1) is 12.8. The summed E-state index contributed by atoms with van der Waals surface area (Å²) in [6.45, 7) is 4.72. The number of aromatic nitrogens is 2. The molecular formula is C13H17N3OS. The highest BCUT2D eigenvalue weighted by Crippen LogP contribution is 2.28. The van der Waals surface area contributed by atoms with Crippen LogP contribution in [0.2, 0.25) is 0 Å². The number of anilines is 1. The van der Waals surface area contributed by atoms with Crippen LogP contribution in [-0.4, -0.2) is 16.6 Å². The van der Waals surface area contributed by atoms with Crippen molar-refractivity contribution in [2.24, 2.45) is 0 Å². The summed E-state index contributed by atoms with van der Waals surface area (Å²) in [6.07, 6.45) is 2.33. The van der Waals surface area contributed by atoms with Crippen LogP contribution >= 0.6 is 11.3 Å². The smallest absolute Gasteiger partial charge is 0.222 e. The molecule has 0 aliphatic rings. The van der Waals surface area contributed by atoms with Crippen molar-refractivity contribution in [1.29, 1.82) is 0 Å². The summed E-state index contributed by atoms with van der Waals surface area (Å²) in [5.41, 5.74) is 6.75. The van der Waals surface area contributed by atoms with Gasteiger partial charge in [0.25, 0.3) is 0 Å². The molecule has 0 aliphatic heterocycles. The molecular weight excluding hydrogens is 246 g/mol. The topological polar surface area (TPSA) is 61.0 Å². The van der Waals surface area contributed by atoms with Crippen molar-refractivity contribution in [1.82, 2.24) is 9.97 Å². The van der Waals surface area contributed by atoms with E-state index in [-0.39, 0.29) is 5.92 Å². The summed E-state index contributed by atoms with van der Waals surface area (Å²) in [6, 6.07) is 4.15. The van der Waals surface area contributed by atoms with Gasteiger partial charge < -0.3 is 10.5 Å². The molecule has 0 radical (unpaired) electrons. The molecule has 4 nitrogen and oxygen atoms in total. The Labute approximate surface area is 111 Å². The fourth-order valence-electron chi connectivity index (χ4n) is 1.75. The summed E-state index contributed by atoms with van der Waals surface area (Å²) >= 11 is 1.73.